The molecular formula is C15H20BrN3O. The predicted molar refractivity (Wildman–Crippen MR) is 82.2 cm³/mol. The smallest absolute Gasteiger partial charge is 0.228 e. The molecule has 4 nitrogen and oxygen atoms in total. The van der Waals surface area contributed by atoms with E-state index in [-0.39, 0.29) is 5.92 Å². The lowest BCUT2D eigenvalue weighted by atomic mass is 9.89. The van der Waals surface area contributed by atoms with Crippen LogP contribution in [0.5, 0.6) is 0 Å². The summed E-state index contributed by atoms with van der Waals surface area (Å²) in [6, 6.07) is 8.58. The quantitative estimate of drug-likeness (QED) is 0.866. The molecular weight excluding hydrogens is 318 g/mol. The van der Waals surface area contributed by atoms with Gasteiger partial charge in [0.2, 0.25) is 5.91 Å². The fraction of sp³-hybridized carbons (Fsp3) is 0.533. The number of hydrazine groups is 1. The van der Waals surface area contributed by atoms with Gasteiger partial charge in [-0.05, 0) is 36.5 Å². The molecule has 2 fully saturated rings. The highest BCUT2D eigenvalue weighted by atomic mass is 79.9. The highest BCUT2D eigenvalue weighted by Crippen LogP contribution is 2.29. The third-order valence-electron chi connectivity index (χ3n) is 4.32. The van der Waals surface area contributed by atoms with Gasteiger partial charge < -0.3 is 4.90 Å². The van der Waals surface area contributed by atoms with Crippen molar-refractivity contribution in [3.63, 3.8) is 0 Å². The van der Waals surface area contributed by atoms with Crippen LogP contribution in [0.4, 0.5) is 0 Å². The maximum absolute atomic E-state index is 12.3. The lowest BCUT2D eigenvalue weighted by Crippen LogP contribution is -2.42. The molecule has 0 saturated carbocycles. The van der Waals surface area contributed by atoms with E-state index < -0.39 is 0 Å². The number of benzene rings is 1. The van der Waals surface area contributed by atoms with Gasteiger partial charge in [0, 0.05) is 30.7 Å². The summed E-state index contributed by atoms with van der Waals surface area (Å²) in [5, 5.41) is 0. The van der Waals surface area contributed by atoms with E-state index in [1.807, 2.05) is 4.90 Å². The second-order valence-electron chi connectivity index (χ2n) is 5.61. The summed E-state index contributed by atoms with van der Waals surface area (Å²) in [5.74, 6) is 1.00. The molecule has 2 saturated heterocycles. The minimum absolute atomic E-state index is 0.110. The number of hydrogen-bond donors (Lipinski definition) is 2. The Kier molecular flexibility index (Phi) is 4.38. The number of nitrogens with one attached hydrogen (secondary N) is 2. The molecule has 5 heteroatoms. The first-order valence-corrected chi connectivity index (χ1v) is 8.03. The van der Waals surface area contributed by atoms with Crippen molar-refractivity contribution in [3.8, 4) is 0 Å². The fourth-order valence-corrected chi connectivity index (χ4v) is 3.33. The van der Waals surface area contributed by atoms with Gasteiger partial charge in [0.1, 0.15) is 0 Å². The SMILES string of the molecule is O=C(C1CNNC1)N1CCC(c2ccc(Br)cc2)CC1. The van der Waals surface area contributed by atoms with E-state index in [1.165, 1.54) is 5.56 Å². The largest absolute Gasteiger partial charge is 0.342 e. The molecule has 0 radical (unpaired) electrons. The molecule has 0 atom stereocenters. The second kappa shape index (κ2) is 6.24. The van der Waals surface area contributed by atoms with Gasteiger partial charge in [-0.1, -0.05) is 28.1 Å². The molecule has 3 rings (SSSR count). The molecule has 0 unspecified atom stereocenters. The number of halogens is 1. The summed E-state index contributed by atoms with van der Waals surface area (Å²) >= 11 is 3.47. The van der Waals surface area contributed by atoms with E-state index in [4.69, 9.17) is 0 Å². The van der Waals surface area contributed by atoms with Gasteiger partial charge in [0.15, 0.2) is 0 Å². The first kappa shape index (κ1) is 14.0. The molecule has 2 aliphatic rings. The zero-order valence-electron chi connectivity index (χ0n) is 11.4. The van der Waals surface area contributed by atoms with Crippen molar-refractivity contribution in [1.82, 2.24) is 15.8 Å². The second-order valence-corrected chi connectivity index (χ2v) is 6.53. The number of amides is 1. The molecule has 2 N–H and O–H groups in total. The standard InChI is InChI=1S/C15H20BrN3O/c16-14-3-1-11(2-4-14)12-5-7-19(8-6-12)15(20)13-9-17-18-10-13/h1-4,12-13,17-18H,5-10H2. The van der Waals surface area contributed by atoms with E-state index in [2.05, 4.69) is 51.0 Å². The van der Waals surface area contributed by atoms with E-state index in [0.717, 1.165) is 43.5 Å². The average molecular weight is 338 g/mol. The van der Waals surface area contributed by atoms with Crippen LogP contribution in [-0.2, 0) is 4.79 Å². The summed E-state index contributed by atoms with van der Waals surface area (Å²) in [6.45, 7) is 3.28. The number of piperidine rings is 1. The predicted octanol–water partition coefficient (Wildman–Crippen LogP) is 1.88. The Morgan fingerprint density at radius 1 is 1.10 bits per heavy atom. The van der Waals surface area contributed by atoms with E-state index in [1.54, 1.807) is 0 Å². The highest BCUT2D eigenvalue weighted by Gasteiger charge is 2.30. The Morgan fingerprint density at radius 3 is 2.30 bits per heavy atom. The van der Waals surface area contributed by atoms with Crippen LogP contribution in [0, 0.1) is 5.92 Å². The Hall–Kier alpha value is -0.910. The molecule has 0 spiro atoms. The van der Waals surface area contributed by atoms with Gasteiger partial charge in [0.05, 0.1) is 5.92 Å². The van der Waals surface area contributed by atoms with Crippen molar-refractivity contribution in [1.29, 1.82) is 0 Å². The average Bonchev–Trinajstić information content (AvgIpc) is 3.02. The Labute approximate surface area is 128 Å². The van der Waals surface area contributed by atoms with Crippen LogP contribution in [0.25, 0.3) is 0 Å². The van der Waals surface area contributed by atoms with Crippen molar-refractivity contribution >= 4 is 21.8 Å². The Morgan fingerprint density at radius 2 is 1.70 bits per heavy atom. The lowest BCUT2D eigenvalue weighted by molar-refractivity contribution is -0.135. The summed E-state index contributed by atoms with van der Waals surface area (Å²) in [4.78, 5) is 14.4. The monoisotopic (exact) mass is 337 g/mol. The number of rotatable bonds is 2. The van der Waals surface area contributed by atoms with Gasteiger partial charge in [-0.3, -0.25) is 15.6 Å². The topological polar surface area (TPSA) is 44.4 Å². The fourth-order valence-electron chi connectivity index (χ4n) is 3.06. The maximum Gasteiger partial charge on any atom is 0.228 e. The zero-order chi connectivity index (χ0) is 13.9. The molecule has 0 bridgehead atoms. The Bertz CT molecular complexity index is 463. The van der Waals surface area contributed by atoms with Gasteiger partial charge in [0.25, 0.3) is 0 Å². The molecule has 2 heterocycles. The molecule has 2 aliphatic heterocycles. The number of hydrogen-bond acceptors (Lipinski definition) is 3. The van der Waals surface area contributed by atoms with Gasteiger partial charge >= 0.3 is 0 Å². The van der Waals surface area contributed by atoms with E-state index in [9.17, 15) is 4.79 Å². The maximum atomic E-state index is 12.3. The van der Waals surface area contributed by atoms with Crippen LogP contribution < -0.4 is 10.9 Å². The number of carbonyl (C=O) groups excluding carboxylic acids is 1. The lowest BCUT2D eigenvalue weighted by Gasteiger charge is -2.33. The van der Waals surface area contributed by atoms with Crippen molar-refractivity contribution in [2.75, 3.05) is 26.2 Å². The summed E-state index contributed by atoms with van der Waals surface area (Å²) in [5.41, 5.74) is 7.45. The minimum Gasteiger partial charge on any atom is -0.342 e. The van der Waals surface area contributed by atoms with Crippen LogP contribution >= 0.6 is 15.9 Å². The van der Waals surface area contributed by atoms with Crippen LogP contribution in [0.15, 0.2) is 28.7 Å². The van der Waals surface area contributed by atoms with Gasteiger partial charge in [-0.25, -0.2) is 0 Å². The Balaban J connectivity index is 1.56. The van der Waals surface area contributed by atoms with Gasteiger partial charge in [-0.15, -0.1) is 0 Å². The van der Waals surface area contributed by atoms with Crippen molar-refractivity contribution in [2.24, 2.45) is 5.92 Å². The molecule has 1 aromatic rings. The van der Waals surface area contributed by atoms with Crippen molar-refractivity contribution in [3.05, 3.63) is 34.3 Å². The first-order chi connectivity index (χ1) is 9.74. The number of nitrogens with zero attached hydrogens (tertiary/aromatic N) is 1. The third kappa shape index (κ3) is 3.05. The van der Waals surface area contributed by atoms with E-state index >= 15 is 0 Å². The molecule has 0 aromatic heterocycles. The molecule has 20 heavy (non-hydrogen) atoms. The highest BCUT2D eigenvalue weighted by molar-refractivity contribution is 9.10. The van der Waals surface area contributed by atoms with E-state index in [0.29, 0.717) is 11.8 Å². The molecule has 1 amide bonds. The van der Waals surface area contributed by atoms with Crippen molar-refractivity contribution in [2.45, 2.75) is 18.8 Å². The summed E-state index contributed by atoms with van der Waals surface area (Å²) in [6.07, 6.45) is 2.14. The van der Waals surface area contributed by atoms with Crippen LogP contribution in [0.2, 0.25) is 0 Å². The van der Waals surface area contributed by atoms with Crippen LogP contribution in [0.3, 0.4) is 0 Å². The first-order valence-electron chi connectivity index (χ1n) is 7.24. The molecule has 0 aliphatic carbocycles. The number of likely N-dealkylation sites (tertiary alicyclic amines) is 1. The summed E-state index contributed by atoms with van der Waals surface area (Å²) in [7, 11) is 0. The van der Waals surface area contributed by atoms with Gasteiger partial charge in [-0.2, -0.15) is 0 Å². The van der Waals surface area contributed by atoms with Crippen LogP contribution in [-0.4, -0.2) is 37.0 Å². The molecule has 108 valence electrons. The zero-order valence-corrected chi connectivity index (χ0v) is 13.0. The minimum atomic E-state index is 0.110. The van der Waals surface area contributed by atoms with Crippen LogP contribution in [0.1, 0.15) is 24.3 Å². The van der Waals surface area contributed by atoms with Crippen molar-refractivity contribution < 1.29 is 4.79 Å². The molecule has 1 aromatic carbocycles. The summed E-state index contributed by atoms with van der Waals surface area (Å²) < 4.78 is 1.12. The normalized spacial score (nSPS) is 21.4. The number of carbonyl (C=O) groups is 1. The third-order valence-corrected chi connectivity index (χ3v) is 4.85.